The van der Waals surface area contributed by atoms with Crippen molar-refractivity contribution in [2.75, 3.05) is 13.2 Å². The smallest absolute Gasteiger partial charge is 0.453 e. The minimum absolute atomic E-state index is 0.212. The Morgan fingerprint density at radius 3 is 2.00 bits per heavy atom. The van der Waals surface area contributed by atoms with Crippen molar-refractivity contribution >= 4 is 12.1 Å². The van der Waals surface area contributed by atoms with E-state index in [4.69, 9.17) is 4.74 Å². The molecule has 4 rings (SSSR count). The number of aliphatic carboxylic acids is 1. The Balaban J connectivity index is 1.53. The molecule has 1 amide bonds. The number of rotatable bonds is 4. The Labute approximate surface area is 179 Å². The fourth-order valence-corrected chi connectivity index (χ4v) is 4.57. The SMILES string of the molecule is O=C(O)[C@H]1[C@H](C(F)(F)C(F)(F)F)CCN1C(=O)OCC1c2ccccc2-c2ccccc21. The highest BCUT2D eigenvalue weighted by atomic mass is 19.4. The molecule has 1 aliphatic heterocycles. The van der Waals surface area contributed by atoms with Gasteiger partial charge in [0.15, 0.2) is 0 Å². The predicted octanol–water partition coefficient (Wildman–Crippen LogP) is 4.91. The molecule has 1 N–H and O–H groups in total. The van der Waals surface area contributed by atoms with E-state index < -0.39 is 49.1 Å². The molecule has 0 aromatic heterocycles. The zero-order chi connectivity index (χ0) is 23.3. The summed E-state index contributed by atoms with van der Waals surface area (Å²) < 4.78 is 71.4. The first kappa shape index (κ1) is 22.0. The van der Waals surface area contributed by atoms with Crippen LogP contribution in [0.4, 0.5) is 26.7 Å². The molecular formula is C22H18F5NO4. The second-order valence-corrected chi connectivity index (χ2v) is 7.80. The van der Waals surface area contributed by atoms with E-state index >= 15 is 0 Å². The zero-order valence-electron chi connectivity index (χ0n) is 16.5. The standard InChI is InChI=1S/C22H18F5NO4/c23-21(24,22(25,26)27)17-9-10-28(18(17)19(29)30)20(31)32-11-16-14-7-3-1-5-12(14)13-6-2-4-8-15(13)16/h1-8,16-18H,9-11H2,(H,29,30)/t17-,18-/m1/s1. The zero-order valence-corrected chi connectivity index (χ0v) is 16.5. The van der Waals surface area contributed by atoms with Crippen LogP contribution in [0.15, 0.2) is 48.5 Å². The van der Waals surface area contributed by atoms with Gasteiger partial charge in [-0.05, 0) is 28.7 Å². The maximum absolute atomic E-state index is 13.9. The van der Waals surface area contributed by atoms with E-state index in [0.29, 0.717) is 4.90 Å². The van der Waals surface area contributed by atoms with Gasteiger partial charge in [-0.15, -0.1) is 0 Å². The fraction of sp³-hybridized carbons (Fsp3) is 0.364. The molecule has 0 unspecified atom stereocenters. The van der Waals surface area contributed by atoms with E-state index in [-0.39, 0.29) is 12.5 Å². The number of alkyl halides is 5. The lowest BCUT2D eigenvalue weighted by molar-refractivity contribution is -0.303. The maximum atomic E-state index is 13.9. The highest BCUT2D eigenvalue weighted by molar-refractivity contribution is 5.82. The van der Waals surface area contributed by atoms with Gasteiger partial charge < -0.3 is 9.84 Å². The Kier molecular flexibility index (Phi) is 5.34. The molecule has 2 aliphatic rings. The van der Waals surface area contributed by atoms with Gasteiger partial charge in [-0.2, -0.15) is 22.0 Å². The number of nitrogens with zero attached hydrogens (tertiary/aromatic N) is 1. The van der Waals surface area contributed by atoms with Crippen LogP contribution in [0.5, 0.6) is 0 Å². The average molecular weight is 455 g/mol. The summed E-state index contributed by atoms with van der Waals surface area (Å²) in [6.45, 7) is -0.792. The number of benzene rings is 2. The lowest BCUT2D eigenvalue weighted by Crippen LogP contribution is -2.52. The van der Waals surface area contributed by atoms with Crippen molar-refractivity contribution < 1.29 is 41.4 Å². The Bertz CT molecular complexity index is 1010. The first-order valence-electron chi connectivity index (χ1n) is 9.83. The van der Waals surface area contributed by atoms with Crippen molar-refractivity contribution in [3.63, 3.8) is 0 Å². The van der Waals surface area contributed by atoms with Gasteiger partial charge in [0.25, 0.3) is 0 Å². The Morgan fingerprint density at radius 2 is 1.50 bits per heavy atom. The first-order chi connectivity index (χ1) is 15.0. The lowest BCUT2D eigenvalue weighted by Gasteiger charge is -2.30. The van der Waals surface area contributed by atoms with Crippen LogP contribution < -0.4 is 0 Å². The average Bonchev–Trinajstić information content (AvgIpc) is 3.32. The molecule has 1 fully saturated rings. The van der Waals surface area contributed by atoms with Crippen molar-refractivity contribution in [3.05, 3.63) is 59.7 Å². The summed E-state index contributed by atoms with van der Waals surface area (Å²) in [7, 11) is 0. The van der Waals surface area contributed by atoms with Crippen LogP contribution in [0, 0.1) is 5.92 Å². The summed E-state index contributed by atoms with van der Waals surface area (Å²) in [5.41, 5.74) is 3.63. The van der Waals surface area contributed by atoms with Crippen LogP contribution in [0.3, 0.4) is 0 Å². The third-order valence-electron chi connectivity index (χ3n) is 6.07. The van der Waals surface area contributed by atoms with E-state index in [0.717, 1.165) is 22.3 Å². The van der Waals surface area contributed by atoms with Gasteiger partial charge in [-0.1, -0.05) is 48.5 Å². The molecule has 0 bridgehead atoms. The van der Waals surface area contributed by atoms with Crippen LogP contribution in [0.2, 0.25) is 0 Å². The van der Waals surface area contributed by atoms with Crippen molar-refractivity contribution in [1.82, 2.24) is 4.90 Å². The molecule has 2 aromatic carbocycles. The van der Waals surface area contributed by atoms with E-state index in [2.05, 4.69) is 0 Å². The summed E-state index contributed by atoms with van der Waals surface area (Å²) in [6, 6.07) is 12.5. The fourth-order valence-electron chi connectivity index (χ4n) is 4.57. The molecule has 0 saturated carbocycles. The van der Waals surface area contributed by atoms with Gasteiger partial charge >= 0.3 is 24.2 Å². The van der Waals surface area contributed by atoms with Crippen LogP contribution in [-0.4, -0.2) is 53.4 Å². The molecule has 10 heteroatoms. The third-order valence-corrected chi connectivity index (χ3v) is 6.07. The highest BCUT2D eigenvalue weighted by Gasteiger charge is 2.67. The monoisotopic (exact) mass is 455 g/mol. The van der Waals surface area contributed by atoms with Crippen LogP contribution >= 0.6 is 0 Å². The first-order valence-corrected chi connectivity index (χ1v) is 9.83. The van der Waals surface area contributed by atoms with Crippen molar-refractivity contribution in [2.24, 2.45) is 5.92 Å². The van der Waals surface area contributed by atoms with Gasteiger partial charge in [0.05, 0.1) is 5.92 Å². The normalized spacial score (nSPS) is 20.7. The number of carboxylic acids is 1. The number of carboxylic acid groups (broad SMARTS) is 1. The van der Waals surface area contributed by atoms with Crippen molar-refractivity contribution in [3.8, 4) is 11.1 Å². The van der Waals surface area contributed by atoms with Gasteiger partial charge in [0.1, 0.15) is 12.6 Å². The van der Waals surface area contributed by atoms with Crippen molar-refractivity contribution in [1.29, 1.82) is 0 Å². The second kappa shape index (κ2) is 7.75. The number of carbonyl (C=O) groups excluding carboxylic acids is 1. The number of hydrogen-bond donors (Lipinski definition) is 1. The number of carbonyl (C=O) groups is 2. The summed E-state index contributed by atoms with van der Waals surface area (Å²) >= 11 is 0. The van der Waals surface area contributed by atoms with Gasteiger partial charge in [0, 0.05) is 12.5 Å². The molecule has 32 heavy (non-hydrogen) atoms. The van der Waals surface area contributed by atoms with Crippen LogP contribution in [0.1, 0.15) is 23.5 Å². The molecule has 2 atom stereocenters. The summed E-state index contributed by atoms with van der Waals surface area (Å²) in [6.07, 6.45) is -7.98. The van der Waals surface area contributed by atoms with Crippen LogP contribution in [0.25, 0.3) is 11.1 Å². The molecule has 1 heterocycles. The summed E-state index contributed by atoms with van der Waals surface area (Å²) in [5, 5.41) is 9.32. The quantitative estimate of drug-likeness (QED) is 0.666. The molecule has 1 saturated heterocycles. The number of fused-ring (bicyclic) bond motifs is 3. The number of amides is 1. The number of likely N-dealkylation sites (tertiary alicyclic amines) is 1. The molecule has 0 radical (unpaired) electrons. The minimum atomic E-state index is -5.93. The van der Waals surface area contributed by atoms with E-state index in [1.165, 1.54) is 0 Å². The summed E-state index contributed by atoms with van der Waals surface area (Å²) in [5.74, 6) is -10.2. The second-order valence-electron chi connectivity index (χ2n) is 7.80. The van der Waals surface area contributed by atoms with E-state index in [1.54, 1.807) is 0 Å². The topological polar surface area (TPSA) is 66.8 Å². The molecule has 0 spiro atoms. The largest absolute Gasteiger partial charge is 0.480 e. The third kappa shape index (κ3) is 3.47. The lowest BCUT2D eigenvalue weighted by atomic mass is 9.92. The van der Waals surface area contributed by atoms with E-state index in [9.17, 15) is 36.6 Å². The maximum Gasteiger partial charge on any atom is 0.453 e. The van der Waals surface area contributed by atoms with Gasteiger partial charge in [0.2, 0.25) is 0 Å². The van der Waals surface area contributed by atoms with Crippen LogP contribution in [-0.2, 0) is 9.53 Å². The van der Waals surface area contributed by atoms with Gasteiger partial charge in [-0.25, -0.2) is 9.59 Å². The number of hydrogen-bond acceptors (Lipinski definition) is 3. The molecule has 5 nitrogen and oxygen atoms in total. The van der Waals surface area contributed by atoms with Gasteiger partial charge in [-0.3, -0.25) is 4.90 Å². The molecule has 170 valence electrons. The molecule has 2 aromatic rings. The minimum Gasteiger partial charge on any atom is -0.480 e. The number of ether oxygens (including phenoxy) is 1. The molecular weight excluding hydrogens is 437 g/mol. The summed E-state index contributed by atoms with van der Waals surface area (Å²) in [4.78, 5) is 24.6. The highest BCUT2D eigenvalue weighted by Crippen LogP contribution is 2.48. The van der Waals surface area contributed by atoms with Crippen molar-refractivity contribution in [2.45, 2.75) is 30.5 Å². The number of halogens is 5. The Morgan fingerprint density at radius 1 is 0.969 bits per heavy atom. The molecule has 1 aliphatic carbocycles. The van der Waals surface area contributed by atoms with E-state index in [1.807, 2.05) is 48.5 Å². The predicted molar refractivity (Wildman–Crippen MR) is 102 cm³/mol. The Hall–Kier alpha value is -3.17.